The first-order valence-corrected chi connectivity index (χ1v) is 6.35. The molecule has 0 fully saturated rings. The molecule has 1 amide bonds. The summed E-state index contributed by atoms with van der Waals surface area (Å²) in [5, 5.41) is 2.39. The number of amides is 1. The number of benzene rings is 2. The summed E-state index contributed by atoms with van der Waals surface area (Å²) in [4.78, 5) is 15.6. The monoisotopic (exact) mass is 252 g/mol. The number of hydrogen-bond acceptors (Lipinski definition) is 2. The maximum absolute atomic E-state index is 11.8. The van der Waals surface area contributed by atoms with Crippen molar-refractivity contribution in [3.05, 3.63) is 60.4 Å². The molecule has 19 heavy (non-hydrogen) atoms. The van der Waals surface area contributed by atoms with Crippen LogP contribution in [0, 0.1) is 0 Å². The van der Waals surface area contributed by atoms with Crippen molar-refractivity contribution in [2.45, 2.75) is 13.1 Å². The highest BCUT2D eigenvalue weighted by molar-refractivity contribution is 5.87. The second-order valence-electron chi connectivity index (χ2n) is 4.83. The van der Waals surface area contributed by atoms with Crippen molar-refractivity contribution >= 4 is 16.7 Å². The summed E-state index contributed by atoms with van der Waals surface area (Å²) >= 11 is 0. The number of fused-ring (bicyclic) bond motifs is 1. The molecule has 1 aliphatic rings. The molecule has 3 rings (SSSR count). The SMILES string of the molecule is CC(=O)N1C=CN(C)C1c1cccc2ccccc12. The van der Waals surface area contributed by atoms with Crippen LogP contribution in [0.2, 0.25) is 0 Å². The molecule has 0 saturated heterocycles. The quantitative estimate of drug-likeness (QED) is 0.778. The molecule has 0 radical (unpaired) electrons. The zero-order chi connectivity index (χ0) is 13.4. The second kappa shape index (κ2) is 4.43. The highest BCUT2D eigenvalue weighted by atomic mass is 16.2. The number of nitrogens with zero attached hydrogens (tertiary/aromatic N) is 2. The Hall–Kier alpha value is -2.29. The van der Waals surface area contributed by atoms with Crippen LogP contribution in [-0.2, 0) is 4.79 Å². The van der Waals surface area contributed by atoms with Gasteiger partial charge >= 0.3 is 0 Å². The Morgan fingerprint density at radius 1 is 1.05 bits per heavy atom. The normalized spacial score (nSPS) is 18.3. The van der Waals surface area contributed by atoms with Gasteiger partial charge in [0.15, 0.2) is 0 Å². The lowest BCUT2D eigenvalue weighted by Gasteiger charge is -2.29. The van der Waals surface area contributed by atoms with E-state index in [4.69, 9.17) is 0 Å². The predicted octanol–water partition coefficient (Wildman–Crippen LogP) is 3.10. The Morgan fingerprint density at radius 2 is 1.79 bits per heavy atom. The summed E-state index contributed by atoms with van der Waals surface area (Å²) in [6.07, 6.45) is 3.73. The molecule has 3 nitrogen and oxygen atoms in total. The summed E-state index contributed by atoms with van der Waals surface area (Å²) in [6, 6.07) is 14.5. The number of hydrogen-bond donors (Lipinski definition) is 0. The lowest BCUT2D eigenvalue weighted by atomic mass is 10.0. The highest BCUT2D eigenvalue weighted by Crippen LogP contribution is 2.33. The molecule has 2 aromatic carbocycles. The second-order valence-corrected chi connectivity index (χ2v) is 4.83. The third-order valence-electron chi connectivity index (χ3n) is 3.58. The van der Waals surface area contributed by atoms with Gasteiger partial charge in [0.05, 0.1) is 0 Å². The maximum Gasteiger partial charge on any atom is 0.225 e. The van der Waals surface area contributed by atoms with Crippen LogP contribution in [-0.4, -0.2) is 22.8 Å². The van der Waals surface area contributed by atoms with E-state index in [1.54, 1.807) is 11.8 Å². The van der Waals surface area contributed by atoms with E-state index in [1.165, 1.54) is 10.8 Å². The van der Waals surface area contributed by atoms with E-state index < -0.39 is 0 Å². The van der Waals surface area contributed by atoms with E-state index in [0.29, 0.717) is 0 Å². The molecule has 96 valence electrons. The average molecular weight is 252 g/mol. The van der Waals surface area contributed by atoms with Gasteiger partial charge in [0, 0.05) is 31.9 Å². The van der Waals surface area contributed by atoms with E-state index in [2.05, 4.69) is 29.2 Å². The van der Waals surface area contributed by atoms with Gasteiger partial charge in [0.2, 0.25) is 5.91 Å². The lowest BCUT2D eigenvalue weighted by Crippen LogP contribution is -2.31. The molecule has 0 N–H and O–H groups in total. The van der Waals surface area contributed by atoms with Gasteiger partial charge in [-0.2, -0.15) is 0 Å². The summed E-state index contributed by atoms with van der Waals surface area (Å²) in [5.41, 5.74) is 1.15. The van der Waals surface area contributed by atoms with E-state index in [-0.39, 0.29) is 12.1 Å². The van der Waals surface area contributed by atoms with Crippen LogP contribution in [0.1, 0.15) is 18.7 Å². The smallest absolute Gasteiger partial charge is 0.225 e. The van der Waals surface area contributed by atoms with Gasteiger partial charge in [-0.1, -0.05) is 42.5 Å². The van der Waals surface area contributed by atoms with Gasteiger partial charge in [-0.3, -0.25) is 9.69 Å². The van der Waals surface area contributed by atoms with E-state index >= 15 is 0 Å². The predicted molar refractivity (Wildman–Crippen MR) is 76.1 cm³/mol. The molecule has 3 heteroatoms. The van der Waals surface area contributed by atoms with Gasteiger partial charge < -0.3 is 4.90 Å². The van der Waals surface area contributed by atoms with Crippen LogP contribution in [0.15, 0.2) is 54.9 Å². The van der Waals surface area contributed by atoms with Gasteiger partial charge in [0.25, 0.3) is 0 Å². The molecule has 2 aromatic rings. The zero-order valence-corrected chi connectivity index (χ0v) is 11.1. The van der Waals surface area contributed by atoms with Crippen LogP contribution in [0.25, 0.3) is 10.8 Å². The Bertz CT molecular complexity index is 657. The van der Waals surface area contributed by atoms with Crippen LogP contribution in [0.4, 0.5) is 0 Å². The molecule has 0 saturated carbocycles. The fraction of sp³-hybridized carbons (Fsp3) is 0.188. The minimum atomic E-state index is -0.0522. The Kier molecular flexibility index (Phi) is 2.75. The first-order chi connectivity index (χ1) is 9.18. The first-order valence-electron chi connectivity index (χ1n) is 6.35. The van der Waals surface area contributed by atoms with Crippen molar-refractivity contribution in [3.63, 3.8) is 0 Å². The van der Waals surface area contributed by atoms with Crippen LogP contribution < -0.4 is 0 Å². The summed E-state index contributed by atoms with van der Waals surface area (Å²) in [6.45, 7) is 1.60. The summed E-state index contributed by atoms with van der Waals surface area (Å²) in [5.74, 6) is 0.0542. The van der Waals surface area contributed by atoms with Crippen molar-refractivity contribution in [2.24, 2.45) is 0 Å². The van der Waals surface area contributed by atoms with Crippen LogP contribution in [0.3, 0.4) is 0 Å². The molecule has 0 bridgehead atoms. The van der Waals surface area contributed by atoms with E-state index in [0.717, 1.165) is 5.56 Å². The van der Waals surface area contributed by atoms with E-state index in [9.17, 15) is 4.79 Å². The third-order valence-corrected chi connectivity index (χ3v) is 3.58. The lowest BCUT2D eigenvalue weighted by molar-refractivity contribution is -0.129. The van der Waals surface area contributed by atoms with Crippen molar-refractivity contribution < 1.29 is 4.79 Å². The minimum Gasteiger partial charge on any atom is -0.355 e. The van der Waals surface area contributed by atoms with Crippen molar-refractivity contribution in [2.75, 3.05) is 7.05 Å². The van der Waals surface area contributed by atoms with Gasteiger partial charge in [-0.05, 0) is 10.8 Å². The molecule has 1 aliphatic heterocycles. The van der Waals surface area contributed by atoms with Crippen LogP contribution >= 0.6 is 0 Å². The average Bonchev–Trinajstić information content (AvgIpc) is 2.80. The van der Waals surface area contributed by atoms with Gasteiger partial charge in [-0.15, -0.1) is 0 Å². The van der Waals surface area contributed by atoms with E-state index in [1.807, 2.05) is 37.6 Å². The maximum atomic E-state index is 11.8. The largest absolute Gasteiger partial charge is 0.355 e. The fourth-order valence-electron chi connectivity index (χ4n) is 2.66. The Labute approximate surface area is 112 Å². The van der Waals surface area contributed by atoms with Crippen molar-refractivity contribution in [3.8, 4) is 0 Å². The molecule has 1 heterocycles. The van der Waals surface area contributed by atoms with Gasteiger partial charge in [-0.25, -0.2) is 0 Å². The standard InChI is InChI=1S/C16H16N2O/c1-12(19)18-11-10-17(2)16(18)15-9-5-7-13-6-3-4-8-14(13)15/h3-11,16H,1-2H3. The highest BCUT2D eigenvalue weighted by Gasteiger charge is 2.29. The Balaban J connectivity index is 2.16. The topological polar surface area (TPSA) is 23.6 Å². The molecular weight excluding hydrogens is 236 g/mol. The van der Waals surface area contributed by atoms with Crippen LogP contribution in [0.5, 0.6) is 0 Å². The molecule has 0 spiro atoms. The minimum absolute atomic E-state index is 0.0522. The third kappa shape index (κ3) is 1.87. The molecule has 0 aromatic heterocycles. The number of carbonyl (C=O) groups is 1. The molecule has 0 aliphatic carbocycles. The van der Waals surface area contributed by atoms with Gasteiger partial charge in [0.1, 0.15) is 6.17 Å². The van der Waals surface area contributed by atoms with Crippen molar-refractivity contribution in [1.29, 1.82) is 0 Å². The summed E-state index contributed by atoms with van der Waals surface area (Å²) < 4.78 is 0. The number of rotatable bonds is 1. The molecule has 1 unspecified atom stereocenters. The first kappa shape index (κ1) is 11.8. The number of carbonyl (C=O) groups excluding carboxylic acids is 1. The summed E-state index contributed by atoms with van der Waals surface area (Å²) in [7, 11) is 1.99. The van der Waals surface area contributed by atoms with Crippen molar-refractivity contribution in [1.82, 2.24) is 9.80 Å². The molecule has 1 atom stereocenters. The fourth-order valence-corrected chi connectivity index (χ4v) is 2.66. The molecular formula is C16H16N2O. The Morgan fingerprint density at radius 3 is 2.58 bits per heavy atom. The zero-order valence-electron chi connectivity index (χ0n) is 11.1.